The predicted octanol–water partition coefficient (Wildman–Crippen LogP) is 2.35. The van der Waals surface area contributed by atoms with Crippen molar-refractivity contribution in [2.24, 2.45) is 11.8 Å². The summed E-state index contributed by atoms with van der Waals surface area (Å²) < 4.78 is 5.35. The molecule has 5 rings (SSSR count). The minimum absolute atomic E-state index is 0. The fourth-order valence-electron chi connectivity index (χ4n) is 4.44. The third-order valence-electron chi connectivity index (χ3n) is 5.82. The standard InChI is InChI=1S/C20H24N2O2.C2H4O2.Mg.2H/c1-3-13-12-22-9-7-14(13)10-19(22)20(23)16-6-8-21-18-5-4-15(24-2)11-17(16)18;1-2(3)4;;;/h3-6,8,11,13-14,19-20,23H,1,7,9-10,12H2,2H3;1H3,(H,3,4);;;/t13-,14-,19-,20+;;;;/m0..../s1. The van der Waals surface area contributed by atoms with E-state index in [1.165, 1.54) is 6.42 Å². The first-order chi connectivity index (χ1) is 13.4. The fraction of sp³-hybridized carbons (Fsp3) is 0.455. The zero-order valence-corrected chi connectivity index (χ0v) is 16.4. The van der Waals surface area contributed by atoms with Crippen molar-refractivity contribution in [2.45, 2.75) is 31.9 Å². The van der Waals surface area contributed by atoms with Gasteiger partial charge in [-0.15, -0.1) is 6.58 Å². The van der Waals surface area contributed by atoms with Crippen molar-refractivity contribution >= 4 is 39.9 Å². The maximum Gasteiger partial charge on any atom is 0.316 e. The van der Waals surface area contributed by atoms with Crippen molar-refractivity contribution in [3.63, 3.8) is 0 Å². The van der Waals surface area contributed by atoms with Crippen LogP contribution in [0.1, 0.15) is 31.4 Å². The van der Waals surface area contributed by atoms with E-state index in [2.05, 4.69) is 22.5 Å². The molecule has 29 heavy (non-hydrogen) atoms. The maximum atomic E-state index is 11.2. The first-order valence-electron chi connectivity index (χ1n) is 9.61. The lowest BCUT2D eigenvalue weighted by Gasteiger charge is -2.50. The molecule has 0 unspecified atom stereocenters. The van der Waals surface area contributed by atoms with E-state index in [9.17, 15) is 5.11 Å². The number of fused-ring (bicyclic) bond motifs is 4. The molecule has 6 nitrogen and oxygen atoms in total. The Balaban J connectivity index is 0.000000552. The first kappa shape index (κ1) is 23.6. The summed E-state index contributed by atoms with van der Waals surface area (Å²) in [5.74, 6) is 1.17. The number of hydrogen-bond donors (Lipinski definition) is 2. The van der Waals surface area contributed by atoms with Crippen LogP contribution in [-0.4, -0.2) is 75.4 Å². The van der Waals surface area contributed by atoms with Crippen LogP contribution in [0.25, 0.3) is 10.9 Å². The number of hydrogen-bond acceptors (Lipinski definition) is 5. The second-order valence-corrected chi connectivity index (χ2v) is 7.49. The highest BCUT2D eigenvalue weighted by atomic mass is 24.3. The van der Waals surface area contributed by atoms with Crippen LogP contribution in [0.4, 0.5) is 0 Å². The summed E-state index contributed by atoms with van der Waals surface area (Å²) in [7, 11) is 1.66. The summed E-state index contributed by atoms with van der Waals surface area (Å²) in [6.07, 6.45) is 5.62. The number of pyridine rings is 1. The topological polar surface area (TPSA) is 82.9 Å². The highest BCUT2D eigenvalue weighted by molar-refractivity contribution is 5.84. The third-order valence-corrected chi connectivity index (χ3v) is 5.82. The summed E-state index contributed by atoms with van der Waals surface area (Å²) in [4.78, 5) is 15.9. The molecule has 2 N–H and O–H groups in total. The Labute approximate surface area is 187 Å². The van der Waals surface area contributed by atoms with Crippen LogP contribution in [0.2, 0.25) is 0 Å². The van der Waals surface area contributed by atoms with Gasteiger partial charge in [-0.2, -0.15) is 0 Å². The number of ether oxygens (including phenoxy) is 1. The van der Waals surface area contributed by atoms with Gasteiger partial charge >= 0.3 is 23.1 Å². The zero-order chi connectivity index (χ0) is 20.3. The number of aliphatic hydroxyl groups excluding tert-OH is 1. The molecule has 1 aromatic carbocycles. The molecule has 3 fully saturated rings. The average molecular weight is 411 g/mol. The molecule has 154 valence electrons. The highest BCUT2D eigenvalue weighted by Crippen LogP contribution is 2.42. The van der Waals surface area contributed by atoms with Crippen LogP contribution in [0.3, 0.4) is 0 Å². The quantitative estimate of drug-likeness (QED) is 0.594. The predicted molar refractivity (Wildman–Crippen MR) is 117 cm³/mol. The molecule has 0 aliphatic carbocycles. The zero-order valence-electron chi connectivity index (χ0n) is 16.4. The third kappa shape index (κ3) is 5.28. The van der Waals surface area contributed by atoms with Gasteiger partial charge in [-0.1, -0.05) is 6.08 Å². The molecule has 0 radical (unpaired) electrons. The van der Waals surface area contributed by atoms with E-state index in [0.29, 0.717) is 11.8 Å². The van der Waals surface area contributed by atoms with Gasteiger partial charge in [-0.3, -0.25) is 14.7 Å². The van der Waals surface area contributed by atoms with E-state index in [1.54, 1.807) is 13.3 Å². The van der Waals surface area contributed by atoms with Crippen LogP contribution in [0.15, 0.2) is 43.1 Å². The van der Waals surface area contributed by atoms with Gasteiger partial charge in [0, 0.05) is 31.1 Å². The molecule has 1 aromatic heterocycles. The SMILES string of the molecule is C=C[C@H]1C[N@]2CC[C@H]1C[C@H]2[C@H](O)c1ccnc2ccc(OC)cc12.CC(=O)O.[MgH2]. The van der Waals surface area contributed by atoms with Gasteiger partial charge in [-0.05, 0) is 61.1 Å². The molecular formula is C22H30MgN2O4. The lowest BCUT2D eigenvalue weighted by atomic mass is 9.73. The first-order valence-corrected chi connectivity index (χ1v) is 9.61. The molecule has 2 bridgehead atoms. The van der Waals surface area contributed by atoms with Crippen LogP contribution in [0.5, 0.6) is 5.75 Å². The molecular weight excluding hydrogens is 381 g/mol. The van der Waals surface area contributed by atoms with E-state index >= 15 is 0 Å². The summed E-state index contributed by atoms with van der Waals surface area (Å²) in [5.41, 5.74) is 1.85. The second kappa shape index (κ2) is 10.4. The number of piperidine rings is 3. The van der Waals surface area contributed by atoms with Gasteiger partial charge in [0.05, 0.1) is 18.7 Å². The summed E-state index contributed by atoms with van der Waals surface area (Å²) in [6.45, 7) is 7.15. The lowest BCUT2D eigenvalue weighted by Crippen LogP contribution is -2.54. The van der Waals surface area contributed by atoms with Gasteiger partial charge in [0.1, 0.15) is 5.75 Å². The Hall–Kier alpha value is -1.67. The molecule has 3 aliphatic rings. The van der Waals surface area contributed by atoms with Crippen molar-refractivity contribution < 1.29 is 19.7 Å². The monoisotopic (exact) mass is 410 g/mol. The van der Waals surface area contributed by atoms with Gasteiger partial charge in [0.2, 0.25) is 0 Å². The van der Waals surface area contributed by atoms with Crippen molar-refractivity contribution in [3.05, 3.63) is 48.7 Å². The number of benzene rings is 1. The second-order valence-electron chi connectivity index (χ2n) is 7.49. The van der Waals surface area contributed by atoms with Crippen LogP contribution in [-0.2, 0) is 4.79 Å². The number of nitrogens with zero attached hydrogens (tertiary/aromatic N) is 2. The largest absolute Gasteiger partial charge is 0.497 e. The van der Waals surface area contributed by atoms with Crippen molar-refractivity contribution in [2.75, 3.05) is 20.2 Å². The highest BCUT2D eigenvalue weighted by Gasteiger charge is 2.42. The summed E-state index contributed by atoms with van der Waals surface area (Å²) in [5, 5.41) is 19.5. The smallest absolute Gasteiger partial charge is 0.316 e. The number of methoxy groups -OCH3 is 1. The van der Waals surface area contributed by atoms with Gasteiger partial charge in [-0.25, -0.2) is 0 Å². The van der Waals surface area contributed by atoms with Crippen LogP contribution >= 0.6 is 0 Å². The Morgan fingerprint density at radius 2 is 2.14 bits per heavy atom. The van der Waals surface area contributed by atoms with Gasteiger partial charge in [0.25, 0.3) is 5.97 Å². The molecule has 5 atom stereocenters. The summed E-state index contributed by atoms with van der Waals surface area (Å²) in [6, 6.07) is 7.96. The fourth-order valence-corrected chi connectivity index (χ4v) is 4.44. The van der Waals surface area contributed by atoms with Gasteiger partial charge in [0.15, 0.2) is 0 Å². The Kier molecular flexibility index (Phi) is 8.45. The van der Waals surface area contributed by atoms with Crippen LogP contribution < -0.4 is 4.74 Å². The van der Waals surface area contributed by atoms with Crippen LogP contribution in [0, 0.1) is 11.8 Å². The summed E-state index contributed by atoms with van der Waals surface area (Å²) >= 11 is 0. The number of carboxylic acid groups (broad SMARTS) is 1. The minimum atomic E-state index is -0.833. The van der Waals surface area contributed by atoms with Crippen molar-refractivity contribution in [3.8, 4) is 5.75 Å². The minimum Gasteiger partial charge on any atom is -0.497 e. The normalized spacial score (nSPS) is 25.9. The van der Waals surface area contributed by atoms with Crippen molar-refractivity contribution in [1.29, 1.82) is 0 Å². The Morgan fingerprint density at radius 3 is 2.72 bits per heavy atom. The number of aromatic nitrogens is 1. The number of carboxylic acids is 1. The molecule has 0 spiro atoms. The molecule has 4 heterocycles. The molecule has 3 aliphatic heterocycles. The Morgan fingerprint density at radius 1 is 1.41 bits per heavy atom. The van der Waals surface area contributed by atoms with Gasteiger partial charge < -0.3 is 14.9 Å². The number of rotatable bonds is 4. The van der Waals surface area contributed by atoms with E-state index in [4.69, 9.17) is 14.6 Å². The molecule has 0 amide bonds. The molecule has 7 heteroatoms. The van der Waals surface area contributed by atoms with Crippen molar-refractivity contribution in [1.82, 2.24) is 9.88 Å². The van der Waals surface area contributed by atoms with E-state index in [1.807, 2.05) is 24.3 Å². The molecule has 0 saturated carbocycles. The average Bonchev–Trinajstić information content (AvgIpc) is 2.72. The number of carbonyl (C=O) groups is 1. The molecule has 2 aromatic rings. The van der Waals surface area contributed by atoms with E-state index in [0.717, 1.165) is 48.6 Å². The Bertz CT molecular complexity index is 856. The number of aliphatic carboxylic acids is 1. The van der Waals surface area contributed by atoms with E-state index < -0.39 is 12.1 Å². The lowest BCUT2D eigenvalue weighted by molar-refractivity contribution is -0.134. The number of aliphatic hydroxyl groups is 1. The maximum absolute atomic E-state index is 11.2. The van der Waals surface area contributed by atoms with E-state index in [-0.39, 0.29) is 29.1 Å². The molecule has 3 saturated heterocycles.